The molecular weight excluding hydrogens is 354 g/mol. The third kappa shape index (κ3) is 5.52. The molecule has 1 atom stereocenters. The van der Waals surface area contributed by atoms with Gasteiger partial charge in [0.05, 0.1) is 24.1 Å². The van der Waals surface area contributed by atoms with Gasteiger partial charge in [0, 0.05) is 19.1 Å². The molecular formula is C18H26ClN5O2. The minimum atomic E-state index is -0.763. The summed E-state index contributed by atoms with van der Waals surface area (Å²) in [6, 6.07) is 10.3. The minimum Gasteiger partial charge on any atom is -0.480 e. The highest BCUT2D eigenvalue weighted by atomic mass is 35.5. The summed E-state index contributed by atoms with van der Waals surface area (Å²) in [4.78, 5) is 15.2. The number of hydrogen-bond acceptors (Lipinski definition) is 5. The lowest BCUT2D eigenvalue weighted by molar-refractivity contribution is -0.138. The van der Waals surface area contributed by atoms with E-state index in [1.54, 1.807) is 4.68 Å². The van der Waals surface area contributed by atoms with Gasteiger partial charge < -0.3 is 5.11 Å². The van der Waals surface area contributed by atoms with Gasteiger partial charge in [-0.05, 0) is 45.0 Å². The first-order valence-corrected chi connectivity index (χ1v) is 8.73. The van der Waals surface area contributed by atoms with E-state index in [9.17, 15) is 4.79 Å². The van der Waals surface area contributed by atoms with Crippen LogP contribution in [0.5, 0.6) is 0 Å². The molecule has 0 saturated carbocycles. The predicted octanol–water partition coefficient (Wildman–Crippen LogP) is 2.06. The molecule has 1 aliphatic heterocycles. The topological polar surface area (TPSA) is 74.5 Å². The zero-order valence-corrected chi connectivity index (χ0v) is 15.8. The van der Waals surface area contributed by atoms with E-state index in [2.05, 4.69) is 15.2 Å². The fourth-order valence-electron chi connectivity index (χ4n) is 3.39. The van der Waals surface area contributed by atoms with Gasteiger partial charge in [-0.25, -0.2) is 4.68 Å². The second-order valence-electron chi connectivity index (χ2n) is 6.66. The van der Waals surface area contributed by atoms with Crippen LogP contribution in [0.2, 0.25) is 0 Å². The molecule has 1 aromatic carbocycles. The van der Waals surface area contributed by atoms with Gasteiger partial charge in [0.1, 0.15) is 0 Å². The Balaban J connectivity index is 0.00000243. The van der Waals surface area contributed by atoms with Crippen molar-refractivity contribution < 1.29 is 9.90 Å². The Morgan fingerprint density at radius 3 is 2.77 bits per heavy atom. The standard InChI is InChI=1S/C18H25N5O2.ClH/c1-21(14-18(24)25)16-8-5-10-22(11-9-16)12-15-13-23(20-19-15)17-6-3-2-4-7-17;/h2-4,6-7,13,16H,5,8-12,14H2,1H3,(H,24,25);1H. The van der Waals surface area contributed by atoms with Crippen molar-refractivity contribution in [1.29, 1.82) is 0 Å². The molecule has 2 heterocycles. The molecule has 1 aromatic heterocycles. The second kappa shape index (κ2) is 9.66. The number of hydrogen-bond donors (Lipinski definition) is 1. The van der Waals surface area contributed by atoms with Crippen molar-refractivity contribution in [1.82, 2.24) is 24.8 Å². The van der Waals surface area contributed by atoms with E-state index in [-0.39, 0.29) is 19.0 Å². The third-order valence-corrected chi connectivity index (χ3v) is 4.75. The molecule has 0 radical (unpaired) electrons. The average Bonchev–Trinajstić information content (AvgIpc) is 2.93. The molecule has 0 aliphatic carbocycles. The molecule has 26 heavy (non-hydrogen) atoms. The Bertz CT molecular complexity index is 694. The number of likely N-dealkylation sites (tertiary alicyclic amines) is 1. The van der Waals surface area contributed by atoms with Crippen LogP contribution >= 0.6 is 12.4 Å². The Morgan fingerprint density at radius 1 is 1.27 bits per heavy atom. The van der Waals surface area contributed by atoms with E-state index in [0.717, 1.165) is 50.3 Å². The first kappa shape index (κ1) is 20.4. The fourth-order valence-corrected chi connectivity index (χ4v) is 3.39. The number of carboxylic acids is 1. The van der Waals surface area contributed by atoms with E-state index < -0.39 is 5.97 Å². The van der Waals surface area contributed by atoms with Gasteiger partial charge in [-0.2, -0.15) is 0 Å². The first-order chi connectivity index (χ1) is 12.1. The highest BCUT2D eigenvalue weighted by molar-refractivity contribution is 5.85. The molecule has 1 saturated heterocycles. The highest BCUT2D eigenvalue weighted by Crippen LogP contribution is 2.17. The van der Waals surface area contributed by atoms with Gasteiger partial charge in [0.15, 0.2) is 0 Å². The van der Waals surface area contributed by atoms with Crippen molar-refractivity contribution in [2.75, 3.05) is 26.7 Å². The number of carboxylic acid groups (broad SMARTS) is 1. The monoisotopic (exact) mass is 379 g/mol. The van der Waals surface area contributed by atoms with E-state index >= 15 is 0 Å². The van der Waals surface area contributed by atoms with Crippen LogP contribution < -0.4 is 0 Å². The number of benzene rings is 1. The summed E-state index contributed by atoms with van der Waals surface area (Å²) in [5.41, 5.74) is 1.97. The smallest absolute Gasteiger partial charge is 0.317 e. The van der Waals surface area contributed by atoms with Crippen molar-refractivity contribution in [3.05, 3.63) is 42.2 Å². The van der Waals surface area contributed by atoms with Gasteiger partial charge >= 0.3 is 5.97 Å². The highest BCUT2D eigenvalue weighted by Gasteiger charge is 2.22. The molecule has 2 aromatic rings. The SMILES string of the molecule is CN(CC(=O)O)C1CCCN(Cc2cn(-c3ccccc3)nn2)CC1.Cl. The van der Waals surface area contributed by atoms with Crippen LogP contribution in [0, 0.1) is 0 Å². The molecule has 1 fully saturated rings. The molecule has 0 amide bonds. The lowest BCUT2D eigenvalue weighted by atomic mass is 10.1. The molecule has 1 N–H and O–H groups in total. The summed E-state index contributed by atoms with van der Waals surface area (Å²) in [6.07, 6.45) is 5.07. The van der Waals surface area contributed by atoms with Crippen LogP contribution in [-0.2, 0) is 11.3 Å². The van der Waals surface area contributed by atoms with E-state index in [4.69, 9.17) is 5.11 Å². The lowest BCUT2D eigenvalue weighted by Gasteiger charge is -2.25. The Kier molecular flexibility index (Phi) is 7.56. The summed E-state index contributed by atoms with van der Waals surface area (Å²) in [6.45, 7) is 2.85. The van der Waals surface area contributed by atoms with Crippen LogP contribution in [-0.4, -0.2) is 68.6 Å². The minimum absolute atomic E-state index is 0. The zero-order valence-electron chi connectivity index (χ0n) is 15.0. The molecule has 7 nitrogen and oxygen atoms in total. The van der Waals surface area contributed by atoms with E-state index in [1.807, 2.05) is 48.5 Å². The largest absolute Gasteiger partial charge is 0.480 e. The van der Waals surface area contributed by atoms with Crippen LogP contribution in [0.3, 0.4) is 0 Å². The number of halogens is 1. The summed E-state index contributed by atoms with van der Waals surface area (Å²) < 4.78 is 1.80. The maximum Gasteiger partial charge on any atom is 0.317 e. The quantitative estimate of drug-likeness (QED) is 0.828. The van der Waals surface area contributed by atoms with Crippen LogP contribution in [0.15, 0.2) is 36.5 Å². The number of carbonyl (C=O) groups is 1. The maximum absolute atomic E-state index is 10.9. The molecule has 1 aliphatic rings. The average molecular weight is 380 g/mol. The third-order valence-electron chi connectivity index (χ3n) is 4.75. The number of likely N-dealkylation sites (N-methyl/N-ethyl adjacent to an activating group) is 1. The molecule has 0 spiro atoms. The fraction of sp³-hybridized carbons (Fsp3) is 0.500. The molecule has 142 valence electrons. The normalized spacial score (nSPS) is 18.3. The Morgan fingerprint density at radius 2 is 2.04 bits per heavy atom. The van der Waals surface area contributed by atoms with Crippen molar-refractivity contribution >= 4 is 18.4 Å². The summed E-state index contributed by atoms with van der Waals surface area (Å²) in [7, 11) is 1.90. The molecule has 8 heteroatoms. The van der Waals surface area contributed by atoms with Gasteiger partial charge in [0.2, 0.25) is 0 Å². The number of para-hydroxylation sites is 1. The summed E-state index contributed by atoms with van der Waals surface area (Å²) >= 11 is 0. The van der Waals surface area contributed by atoms with E-state index in [1.165, 1.54) is 0 Å². The number of aromatic nitrogens is 3. The van der Waals surface area contributed by atoms with Crippen LogP contribution in [0.1, 0.15) is 25.0 Å². The van der Waals surface area contributed by atoms with Crippen molar-refractivity contribution in [3.63, 3.8) is 0 Å². The number of nitrogens with zero attached hydrogens (tertiary/aromatic N) is 5. The molecule has 0 bridgehead atoms. The van der Waals surface area contributed by atoms with Gasteiger partial charge in [-0.15, -0.1) is 17.5 Å². The summed E-state index contributed by atoms with van der Waals surface area (Å²) in [5.74, 6) is -0.763. The van der Waals surface area contributed by atoms with E-state index in [0.29, 0.717) is 6.04 Å². The van der Waals surface area contributed by atoms with Crippen molar-refractivity contribution in [2.24, 2.45) is 0 Å². The lowest BCUT2D eigenvalue weighted by Crippen LogP contribution is -2.36. The molecule has 3 rings (SSSR count). The number of rotatable bonds is 6. The van der Waals surface area contributed by atoms with Gasteiger partial charge in [-0.3, -0.25) is 14.6 Å². The van der Waals surface area contributed by atoms with Gasteiger partial charge in [0.25, 0.3) is 0 Å². The second-order valence-corrected chi connectivity index (χ2v) is 6.66. The Hall–Kier alpha value is -1.96. The first-order valence-electron chi connectivity index (χ1n) is 8.73. The maximum atomic E-state index is 10.9. The van der Waals surface area contributed by atoms with Crippen molar-refractivity contribution in [3.8, 4) is 5.69 Å². The zero-order chi connectivity index (χ0) is 17.6. The van der Waals surface area contributed by atoms with Crippen molar-refractivity contribution in [2.45, 2.75) is 31.8 Å². The Labute approximate surface area is 160 Å². The van der Waals surface area contributed by atoms with Crippen LogP contribution in [0.25, 0.3) is 5.69 Å². The van der Waals surface area contributed by atoms with Crippen LogP contribution in [0.4, 0.5) is 0 Å². The van der Waals surface area contributed by atoms with Gasteiger partial charge in [-0.1, -0.05) is 23.4 Å². The predicted molar refractivity (Wildman–Crippen MR) is 102 cm³/mol. The number of aliphatic carboxylic acids is 1. The molecule has 1 unspecified atom stereocenters. The summed E-state index contributed by atoms with van der Waals surface area (Å²) in [5, 5.41) is 17.5.